The molecule has 1 aliphatic rings. The van der Waals surface area contributed by atoms with Crippen LogP contribution in [0.25, 0.3) is 0 Å². The SMILES string of the molecule is CC1(C)c2ccccc2N(c2cc(C#N)ccc2C#N)c2ccccc21. The summed E-state index contributed by atoms with van der Waals surface area (Å²) in [5.41, 5.74) is 6.16. The molecule has 0 spiro atoms. The van der Waals surface area contributed by atoms with Gasteiger partial charge in [0, 0.05) is 5.41 Å². The second-order valence-electron chi connectivity index (χ2n) is 6.95. The highest BCUT2D eigenvalue weighted by Gasteiger charge is 2.36. The van der Waals surface area contributed by atoms with Gasteiger partial charge in [-0.05, 0) is 41.5 Å². The first-order chi connectivity index (χ1) is 12.6. The number of benzene rings is 3. The normalized spacial score (nSPS) is 13.9. The highest BCUT2D eigenvalue weighted by atomic mass is 15.2. The van der Waals surface area contributed by atoms with E-state index in [4.69, 9.17) is 0 Å². The van der Waals surface area contributed by atoms with Crippen LogP contribution in [0.1, 0.15) is 36.1 Å². The fourth-order valence-electron chi connectivity index (χ4n) is 3.81. The van der Waals surface area contributed by atoms with E-state index >= 15 is 0 Å². The maximum Gasteiger partial charge on any atom is 0.101 e. The van der Waals surface area contributed by atoms with Gasteiger partial charge in [-0.15, -0.1) is 0 Å². The number of fused-ring (bicyclic) bond motifs is 2. The largest absolute Gasteiger partial charge is 0.308 e. The topological polar surface area (TPSA) is 50.8 Å². The van der Waals surface area contributed by atoms with E-state index in [1.165, 1.54) is 11.1 Å². The Kier molecular flexibility index (Phi) is 3.53. The summed E-state index contributed by atoms with van der Waals surface area (Å²) in [5.74, 6) is 0. The number of anilines is 3. The molecule has 26 heavy (non-hydrogen) atoms. The van der Waals surface area contributed by atoms with Crippen LogP contribution in [-0.4, -0.2) is 0 Å². The zero-order chi connectivity index (χ0) is 18.3. The monoisotopic (exact) mass is 335 g/mol. The zero-order valence-electron chi connectivity index (χ0n) is 14.7. The Morgan fingerprint density at radius 1 is 0.731 bits per heavy atom. The molecule has 0 saturated carbocycles. The quantitative estimate of drug-likeness (QED) is 0.587. The van der Waals surface area contributed by atoms with Crippen LogP contribution in [0.2, 0.25) is 0 Å². The van der Waals surface area contributed by atoms with Gasteiger partial charge in [-0.3, -0.25) is 0 Å². The minimum absolute atomic E-state index is 0.149. The van der Waals surface area contributed by atoms with Gasteiger partial charge in [0.2, 0.25) is 0 Å². The van der Waals surface area contributed by atoms with E-state index in [-0.39, 0.29) is 5.41 Å². The molecule has 0 N–H and O–H groups in total. The van der Waals surface area contributed by atoms with Gasteiger partial charge in [-0.1, -0.05) is 50.2 Å². The van der Waals surface area contributed by atoms with E-state index in [0.717, 1.165) is 17.1 Å². The van der Waals surface area contributed by atoms with E-state index < -0.39 is 0 Å². The summed E-state index contributed by atoms with van der Waals surface area (Å²) in [7, 11) is 0. The van der Waals surface area contributed by atoms with Crippen molar-refractivity contribution in [1.29, 1.82) is 10.5 Å². The van der Waals surface area contributed by atoms with Gasteiger partial charge in [0.05, 0.1) is 34.3 Å². The summed E-state index contributed by atoms with van der Waals surface area (Å²) >= 11 is 0. The van der Waals surface area contributed by atoms with Crippen LogP contribution in [0.15, 0.2) is 66.7 Å². The Labute approximate surface area is 153 Å². The fourth-order valence-corrected chi connectivity index (χ4v) is 3.81. The van der Waals surface area contributed by atoms with E-state index in [2.05, 4.69) is 55.2 Å². The van der Waals surface area contributed by atoms with Crippen molar-refractivity contribution < 1.29 is 0 Å². The van der Waals surface area contributed by atoms with Crippen molar-refractivity contribution in [3.8, 4) is 12.1 Å². The van der Waals surface area contributed by atoms with Crippen LogP contribution in [0.3, 0.4) is 0 Å². The summed E-state index contributed by atoms with van der Waals surface area (Å²) in [6.45, 7) is 4.44. The van der Waals surface area contributed by atoms with Gasteiger partial charge >= 0.3 is 0 Å². The minimum atomic E-state index is -0.149. The Balaban J connectivity index is 2.09. The maximum atomic E-state index is 9.65. The van der Waals surface area contributed by atoms with Crippen molar-refractivity contribution >= 4 is 17.1 Å². The van der Waals surface area contributed by atoms with Crippen molar-refractivity contribution in [2.24, 2.45) is 0 Å². The van der Waals surface area contributed by atoms with Crippen LogP contribution in [0.4, 0.5) is 17.1 Å². The molecule has 0 radical (unpaired) electrons. The lowest BCUT2D eigenvalue weighted by atomic mass is 9.73. The second-order valence-corrected chi connectivity index (χ2v) is 6.95. The molecule has 0 aromatic heterocycles. The summed E-state index contributed by atoms with van der Waals surface area (Å²) in [5, 5.41) is 19.0. The highest BCUT2D eigenvalue weighted by molar-refractivity contribution is 5.88. The Morgan fingerprint density at radius 2 is 1.31 bits per heavy atom. The molecule has 1 aliphatic heterocycles. The number of hydrogen-bond donors (Lipinski definition) is 0. The highest BCUT2D eigenvalue weighted by Crippen LogP contribution is 2.52. The van der Waals surface area contributed by atoms with Crippen molar-refractivity contribution in [3.05, 3.63) is 89.0 Å². The predicted octanol–water partition coefficient (Wildman–Crippen LogP) is 5.54. The average Bonchev–Trinajstić information content (AvgIpc) is 2.68. The summed E-state index contributed by atoms with van der Waals surface area (Å²) in [4.78, 5) is 2.11. The van der Waals surface area contributed by atoms with Crippen molar-refractivity contribution in [3.63, 3.8) is 0 Å². The van der Waals surface area contributed by atoms with Gasteiger partial charge in [-0.25, -0.2) is 0 Å². The average molecular weight is 335 g/mol. The van der Waals surface area contributed by atoms with Gasteiger partial charge < -0.3 is 4.90 Å². The molecule has 0 saturated heterocycles. The predicted molar refractivity (Wildman–Crippen MR) is 103 cm³/mol. The number of hydrogen-bond acceptors (Lipinski definition) is 3. The third-order valence-corrected chi connectivity index (χ3v) is 5.12. The molecular formula is C23H17N3. The Morgan fingerprint density at radius 3 is 1.85 bits per heavy atom. The number of para-hydroxylation sites is 2. The maximum absolute atomic E-state index is 9.65. The van der Waals surface area contributed by atoms with E-state index in [9.17, 15) is 10.5 Å². The summed E-state index contributed by atoms with van der Waals surface area (Å²) < 4.78 is 0. The summed E-state index contributed by atoms with van der Waals surface area (Å²) in [6, 6.07) is 26.2. The molecule has 0 amide bonds. The standard InChI is InChI=1S/C23H17N3/c1-23(2)18-7-3-5-9-20(18)26(21-10-6-4-8-19(21)23)22-13-16(14-24)11-12-17(22)15-25/h3-13H,1-2H3. The minimum Gasteiger partial charge on any atom is -0.308 e. The first kappa shape index (κ1) is 15.9. The lowest BCUT2D eigenvalue weighted by molar-refractivity contribution is 0.632. The summed E-state index contributed by atoms with van der Waals surface area (Å²) in [6.07, 6.45) is 0. The van der Waals surface area contributed by atoms with E-state index in [1.54, 1.807) is 18.2 Å². The van der Waals surface area contributed by atoms with Gasteiger partial charge in [-0.2, -0.15) is 10.5 Å². The van der Waals surface area contributed by atoms with Gasteiger partial charge in [0.25, 0.3) is 0 Å². The molecule has 1 heterocycles. The molecular weight excluding hydrogens is 318 g/mol. The molecule has 0 fully saturated rings. The van der Waals surface area contributed by atoms with Crippen LogP contribution in [0, 0.1) is 22.7 Å². The number of rotatable bonds is 1. The van der Waals surface area contributed by atoms with Crippen molar-refractivity contribution in [2.75, 3.05) is 4.90 Å². The van der Waals surface area contributed by atoms with E-state index in [0.29, 0.717) is 11.1 Å². The molecule has 4 rings (SSSR count). The zero-order valence-corrected chi connectivity index (χ0v) is 14.7. The molecule has 3 aromatic carbocycles. The second kappa shape index (κ2) is 5.76. The molecule has 3 heteroatoms. The molecule has 0 atom stereocenters. The third-order valence-electron chi connectivity index (χ3n) is 5.12. The number of nitrogens with zero attached hydrogens (tertiary/aromatic N) is 3. The van der Waals surface area contributed by atoms with Crippen LogP contribution in [-0.2, 0) is 5.41 Å². The molecule has 0 unspecified atom stereocenters. The molecule has 0 aliphatic carbocycles. The molecule has 124 valence electrons. The lowest BCUT2D eigenvalue weighted by Crippen LogP contribution is -2.30. The Bertz CT molecular complexity index is 1050. The van der Waals surface area contributed by atoms with Crippen LogP contribution in [0.5, 0.6) is 0 Å². The van der Waals surface area contributed by atoms with Crippen LogP contribution >= 0.6 is 0 Å². The fraction of sp³-hybridized carbons (Fsp3) is 0.130. The first-order valence-electron chi connectivity index (χ1n) is 8.51. The van der Waals surface area contributed by atoms with Crippen molar-refractivity contribution in [2.45, 2.75) is 19.3 Å². The first-order valence-corrected chi connectivity index (χ1v) is 8.51. The van der Waals surface area contributed by atoms with Gasteiger partial charge in [0.1, 0.15) is 6.07 Å². The number of nitriles is 2. The molecule has 3 nitrogen and oxygen atoms in total. The Hall–Kier alpha value is -3.56. The van der Waals surface area contributed by atoms with Crippen molar-refractivity contribution in [1.82, 2.24) is 0 Å². The lowest BCUT2D eigenvalue weighted by Gasteiger charge is -2.42. The van der Waals surface area contributed by atoms with Gasteiger partial charge in [0.15, 0.2) is 0 Å². The van der Waals surface area contributed by atoms with E-state index in [1.807, 2.05) is 24.3 Å². The smallest absolute Gasteiger partial charge is 0.101 e. The van der Waals surface area contributed by atoms with Crippen LogP contribution < -0.4 is 4.90 Å². The molecule has 0 bridgehead atoms. The third kappa shape index (κ3) is 2.19. The molecule has 3 aromatic rings.